The molecule has 1 amide bonds. The van der Waals surface area contributed by atoms with Crippen LogP contribution in [0.3, 0.4) is 0 Å². The highest BCUT2D eigenvalue weighted by Crippen LogP contribution is 2.40. The molecule has 0 unspecified atom stereocenters. The summed E-state index contributed by atoms with van der Waals surface area (Å²) in [7, 11) is 0. The maximum atomic E-state index is 12.8. The Kier molecular flexibility index (Phi) is 5.50. The van der Waals surface area contributed by atoms with Crippen molar-refractivity contribution in [1.29, 1.82) is 0 Å². The van der Waals surface area contributed by atoms with Crippen LogP contribution < -0.4 is 5.32 Å². The van der Waals surface area contributed by atoms with Crippen LogP contribution in [0.5, 0.6) is 0 Å². The quantitative estimate of drug-likeness (QED) is 0.842. The zero-order valence-corrected chi connectivity index (χ0v) is 16.0. The topological polar surface area (TPSA) is 32.3 Å². The molecule has 1 atom stereocenters. The molecule has 2 aromatic rings. The van der Waals surface area contributed by atoms with E-state index in [9.17, 15) is 4.79 Å². The molecule has 0 saturated heterocycles. The minimum absolute atomic E-state index is 0.0940. The predicted molar refractivity (Wildman–Crippen MR) is 101 cm³/mol. The van der Waals surface area contributed by atoms with E-state index in [4.69, 9.17) is 23.2 Å². The Hall–Kier alpha value is -1.07. The number of benzene rings is 1. The summed E-state index contributed by atoms with van der Waals surface area (Å²) in [6.07, 6.45) is 0.891. The van der Waals surface area contributed by atoms with E-state index in [2.05, 4.69) is 16.8 Å². The normalized spacial score (nSPS) is 17.2. The van der Waals surface area contributed by atoms with Crippen molar-refractivity contribution in [3.05, 3.63) is 55.7 Å². The minimum atomic E-state index is -0.147. The Morgan fingerprint density at radius 2 is 2.12 bits per heavy atom. The van der Waals surface area contributed by atoms with Crippen LogP contribution in [0.15, 0.2) is 29.6 Å². The summed E-state index contributed by atoms with van der Waals surface area (Å²) in [6.45, 7) is 5.11. The zero-order chi connectivity index (χ0) is 17.3. The van der Waals surface area contributed by atoms with Gasteiger partial charge in [-0.05, 0) is 41.1 Å². The molecule has 128 valence electrons. The van der Waals surface area contributed by atoms with Gasteiger partial charge in [-0.15, -0.1) is 11.3 Å². The lowest BCUT2D eigenvalue weighted by molar-refractivity contribution is -0.132. The lowest BCUT2D eigenvalue weighted by Gasteiger charge is -2.37. The second-order valence-electron chi connectivity index (χ2n) is 6.24. The third kappa shape index (κ3) is 3.62. The second-order valence-corrected chi connectivity index (χ2v) is 8.08. The van der Waals surface area contributed by atoms with E-state index in [1.165, 1.54) is 10.4 Å². The lowest BCUT2D eigenvalue weighted by Crippen LogP contribution is -2.45. The molecular formula is C18H20Cl2N2OS. The summed E-state index contributed by atoms with van der Waals surface area (Å²) < 4.78 is 0. The third-order valence-electron chi connectivity index (χ3n) is 4.20. The Balaban J connectivity index is 1.98. The van der Waals surface area contributed by atoms with Crippen LogP contribution in [-0.4, -0.2) is 29.9 Å². The van der Waals surface area contributed by atoms with Crippen LogP contribution in [0.4, 0.5) is 0 Å². The molecule has 1 aromatic heterocycles. The van der Waals surface area contributed by atoms with Gasteiger partial charge in [-0.1, -0.05) is 43.1 Å². The summed E-state index contributed by atoms with van der Waals surface area (Å²) in [5.41, 5.74) is 2.10. The number of carbonyl (C=O) groups is 1. The number of hydrogen-bond acceptors (Lipinski definition) is 3. The Morgan fingerprint density at radius 3 is 2.83 bits per heavy atom. The average Bonchev–Trinajstić information content (AvgIpc) is 3.00. The first-order valence-corrected chi connectivity index (χ1v) is 9.65. The highest BCUT2D eigenvalue weighted by atomic mass is 35.5. The number of thiophene rings is 1. The Morgan fingerprint density at radius 1 is 1.33 bits per heavy atom. The van der Waals surface area contributed by atoms with Crippen molar-refractivity contribution in [1.82, 2.24) is 10.2 Å². The van der Waals surface area contributed by atoms with E-state index < -0.39 is 0 Å². The van der Waals surface area contributed by atoms with Crippen molar-refractivity contribution in [2.45, 2.75) is 32.4 Å². The van der Waals surface area contributed by atoms with Crippen molar-refractivity contribution in [3.63, 3.8) is 0 Å². The Labute approximate surface area is 156 Å². The monoisotopic (exact) mass is 382 g/mol. The molecular weight excluding hydrogens is 363 g/mol. The molecule has 1 aromatic carbocycles. The van der Waals surface area contributed by atoms with Gasteiger partial charge in [-0.2, -0.15) is 0 Å². The number of nitrogens with zero attached hydrogens (tertiary/aromatic N) is 1. The van der Waals surface area contributed by atoms with Gasteiger partial charge in [-0.25, -0.2) is 0 Å². The van der Waals surface area contributed by atoms with Crippen molar-refractivity contribution in [2.75, 3.05) is 13.1 Å². The number of carbonyl (C=O) groups excluding carboxylic acids is 1. The molecule has 1 N–H and O–H groups in total. The van der Waals surface area contributed by atoms with Crippen LogP contribution in [0, 0.1) is 0 Å². The van der Waals surface area contributed by atoms with Gasteiger partial charge in [0.25, 0.3) is 0 Å². The largest absolute Gasteiger partial charge is 0.330 e. The Bertz CT molecular complexity index is 744. The lowest BCUT2D eigenvalue weighted by atomic mass is 9.93. The molecule has 0 spiro atoms. The molecule has 6 heteroatoms. The predicted octanol–water partition coefficient (Wildman–Crippen LogP) is 4.53. The van der Waals surface area contributed by atoms with Gasteiger partial charge in [0.15, 0.2) is 0 Å². The molecule has 0 fully saturated rings. The summed E-state index contributed by atoms with van der Waals surface area (Å²) in [4.78, 5) is 16.0. The first kappa shape index (κ1) is 17.7. The molecule has 0 saturated carbocycles. The number of fused-ring (bicyclic) bond motifs is 1. The number of amides is 1. The highest BCUT2D eigenvalue weighted by molar-refractivity contribution is 7.10. The van der Waals surface area contributed by atoms with Gasteiger partial charge < -0.3 is 10.2 Å². The van der Waals surface area contributed by atoms with Crippen LogP contribution >= 0.6 is 34.5 Å². The van der Waals surface area contributed by atoms with Gasteiger partial charge in [0, 0.05) is 27.5 Å². The minimum Gasteiger partial charge on any atom is -0.330 e. The van der Waals surface area contributed by atoms with Crippen LogP contribution in [-0.2, 0) is 11.2 Å². The second kappa shape index (κ2) is 7.44. The highest BCUT2D eigenvalue weighted by Gasteiger charge is 2.33. The summed E-state index contributed by atoms with van der Waals surface area (Å²) in [5, 5.41) is 6.50. The van der Waals surface area contributed by atoms with E-state index in [0.29, 0.717) is 23.1 Å². The summed E-state index contributed by atoms with van der Waals surface area (Å²) >= 11 is 14.2. The molecule has 1 aliphatic heterocycles. The van der Waals surface area contributed by atoms with E-state index in [0.717, 1.165) is 12.0 Å². The fourth-order valence-corrected chi connectivity index (χ4v) is 4.45. The molecule has 2 heterocycles. The summed E-state index contributed by atoms with van der Waals surface area (Å²) in [6, 6.07) is 7.73. The first-order chi connectivity index (χ1) is 11.5. The number of halogens is 2. The van der Waals surface area contributed by atoms with Crippen molar-refractivity contribution >= 4 is 40.4 Å². The fraction of sp³-hybridized carbons (Fsp3) is 0.389. The third-order valence-corrected chi connectivity index (χ3v) is 5.76. The standard InChI is InChI=1S/C18H20Cl2N2OS/c1-11(2)21-10-17(23)22-7-5-16-14(6-8-24-16)18(22)13-4-3-12(19)9-15(13)20/h3-4,6,8-9,11,18,21H,5,7,10H2,1-2H3/t18-/m0/s1. The van der Waals surface area contributed by atoms with E-state index in [-0.39, 0.29) is 18.0 Å². The fourth-order valence-electron chi connectivity index (χ4n) is 3.04. The van der Waals surface area contributed by atoms with Gasteiger partial charge in [0.1, 0.15) is 0 Å². The number of nitrogens with one attached hydrogen (secondary N) is 1. The van der Waals surface area contributed by atoms with Crippen LogP contribution in [0.2, 0.25) is 10.0 Å². The van der Waals surface area contributed by atoms with E-state index >= 15 is 0 Å². The van der Waals surface area contributed by atoms with Crippen molar-refractivity contribution < 1.29 is 4.79 Å². The maximum absolute atomic E-state index is 12.8. The van der Waals surface area contributed by atoms with E-state index in [1.807, 2.05) is 30.9 Å². The molecule has 0 bridgehead atoms. The maximum Gasteiger partial charge on any atom is 0.237 e. The number of rotatable bonds is 4. The van der Waals surface area contributed by atoms with E-state index in [1.54, 1.807) is 17.4 Å². The van der Waals surface area contributed by atoms with Crippen LogP contribution in [0.25, 0.3) is 0 Å². The van der Waals surface area contributed by atoms with Gasteiger partial charge in [-0.3, -0.25) is 4.79 Å². The van der Waals surface area contributed by atoms with Crippen molar-refractivity contribution in [2.24, 2.45) is 0 Å². The average molecular weight is 383 g/mol. The summed E-state index contributed by atoms with van der Waals surface area (Å²) in [5.74, 6) is 0.0940. The van der Waals surface area contributed by atoms with Gasteiger partial charge in [0.2, 0.25) is 5.91 Å². The molecule has 3 rings (SSSR count). The van der Waals surface area contributed by atoms with Crippen LogP contribution in [0.1, 0.15) is 35.9 Å². The molecule has 0 radical (unpaired) electrons. The molecule has 1 aliphatic rings. The number of hydrogen-bond donors (Lipinski definition) is 1. The first-order valence-electron chi connectivity index (χ1n) is 8.01. The zero-order valence-electron chi connectivity index (χ0n) is 13.7. The van der Waals surface area contributed by atoms with Crippen molar-refractivity contribution in [3.8, 4) is 0 Å². The molecule has 24 heavy (non-hydrogen) atoms. The smallest absolute Gasteiger partial charge is 0.237 e. The van der Waals surface area contributed by atoms with Gasteiger partial charge >= 0.3 is 0 Å². The van der Waals surface area contributed by atoms with Gasteiger partial charge in [0.05, 0.1) is 12.6 Å². The SMILES string of the molecule is CC(C)NCC(=O)N1CCc2sccc2[C@@H]1c1ccc(Cl)cc1Cl. The molecule has 0 aliphatic carbocycles. The molecule has 3 nitrogen and oxygen atoms in total.